The second-order valence-electron chi connectivity index (χ2n) is 0.192. The molecular formula is H24B2CaO16. The summed E-state index contributed by atoms with van der Waals surface area (Å²) in [5, 5.41) is 16.5. The predicted octanol–water partition coefficient (Wildman–Crippen LogP) is -13.7. The van der Waals surface area contributed by atoms with Crippen LogP contribution in [-0.2, 0) is 9.41 Å². The van der Waals surface area contributed by atoms with Gasteiger partial charge in [0.1, 0.15) is 0 Å². The molecule has 0 fully saturated rings. The first-order valence-electron chi connectivity index (χ1n) is 0.943. The van der Waals surface area contributed by atoms with E-state index >= 15 is 0 Å². The zero-order chi connectivity index (χ0) is 5.41. The van der Waals surface area contributed by atoms with E-state index in [2.05, 4.69) is 0 Å². The Labute approximate surface area is 137 Å². The summed E-state index contributed by atoms with van der Waals surface area (Å²) in [7, 11) is -1.00. The van der Waals surface area contributed by atoms with E-state index in [9.17, 15) is 0 Å². The summed E-state index contributed by atoms with van der Waals surface area (Å²) in [5.74, 6) is 0. The van der Waals surface area contributed by atoms with Crippen molar-refractivity contribution in [3.63, 3.8) is 0 Å². The van der Waals surface area contributed by atoms with E-state index in [0.29, 0.717) is 0 Å². The Morgan fingerprint density at radius 1 is 0.421 bits per heavy atom. The van der Waals surface area contributed by atoms with E-state index in [-0.39, 0.29) is 103 Å². The molecule has 19 heteroatoms. The van der Waals surface area contributed by atoms with Crippen LogP contribution in [-0.4, -0.2) is 118 Å². The SMILES string of the molecule is O.O.O.O.O.O.O.O.O.O.O.O.O=B[O-].O=B[O-].[Ca+2]. The van der Waals surface area contributed by atoms with Crippen molar-refractivity contribution >= 4 is 52.4 Å². The van der Waals surface area contributed by atoms with Crippen molar-refractivity contribution < 1.29 is 85.2 Å². The van der Waals surface area contributed by atoms with E-state index in [1.807, 2.05) is 0 Å². The molecule has 19 heavy (non-hydrogen) atoms. The Hall–Kier alpha value is 0.110. The maximum absolute atomic E-state index is 8.25. The largest absolute Gasteiger partial charge is 2.00 e. The summed E-state index contributed by atoms with van der Waals surface area (Å²) in [4.78, 5) is 0. The monoisotopic (exact) mass is 342 g/mol. The first-order chi connectivity index (χ1) is 2.83. The molecule has 0 aromatic carbocycles. The van der Waals surface area contributed by atoms with Crippen molar-refractivity contribution in [3.05, 3.63) is 0 Å². The molecule has 0 aliphatic rings. The predicted molar refractivity (Wildman–Crippen MR) is 62.0 cm³/mol. The molecule has 0 aromatic heterocycles. The minimum atomic E-state index is -0.500. The van der Waals surface area contributed by atoms with Gasteiger partial charge in [-0.05, 0) is 0 Å². The second kappa shape index (κ2) is 1190. The Morgan fingerprint density at radius 2 is 0.421 bits per heavy atom. The smallest absolute Gasteiger partial charge is 2.00 e. The maximum atomic E-state index is 8.25. The topological polar surface area (TPSA) is 458 Å². The molecule has 128 valence electrons. The molecule has 0 aromatic rings. The van der Waals surface area contributed by atoms with Crippen LogP contribution in [0.2, 0.25) is 0 Å². The van der Waals surface area contributed by atoms with Crippen LogP contribution in [0.25, 0.3) is 0 Å². The molecule has 0 saturated carbocycles. The first-order valence-corrected chi connectivity index (χ1v) is 0.943. The van der Waals surface area contributed by atoms with Crippen LogP contribution >= 0.6 is 0 Å². The zero-order valence-electron chi connectivity index (χ0n) is 9.49. The number of hydrogen-bond donors (Lipinski definition) is 0. The van der Waals surface area contributed by atoms with Gasteiger partial charge in [0, 0.05) is 0 Å². The molecular weight excluding hydrogens is 318 g/mol. The van der Waals surface area contributed by atoms with Gasteiger partial charge in [0.15, 0.2) is 0 Å². The third kappa shape index (κ3) is 391000. The van der Waals surface area contributed by atoms with Gasteiger partial charge >= 0.3 is 71.9 Å². The second-order valence-corrected chi connectivity index (χ2v) is 0.192. The van der Waals surface area contributed by atoms with Crippen molar-refractivity contribution in [2.24, 2.45) is 0 Å². The van der Waals surface area contributed by atoms with Crippen molar-refractivity contribution in [2.75, 3.05) is 0 Å². The minimum Gasteiger partial charge on any atom is 2.00 e. The van der Waals surface area contributed by atoms with Gasteiger partial charge in [-0.25, -0.2) is 0 Å². The molecule has 0 saturated heterocycles. The van der Waals surface area contributed by atoms with Crippen molar-refractivity contribution in [3.8, 4) is 0 Å². The average Bonchev–Trinajstić information content (AvgIpc) is 1.39. The summed E-state index contributed by atoms with van der Waals surface area (Å²) in [6.07, 6.45) is 0. The molecule has 0 aliphatic carbocycles. The Bertz CT molecular complexity index is 35.7. The zero-order valence-corrected chi connectivity index (χ0v) is 11.7. The summed E-state index contributed by atoms with van der Waals surface area (Å²) >= 11 is 0. The Balaban J connectivity index is -0.000000000769. The fourth-order valence-electron chi connectivity index (χ4n) is 0. The van der Waals surface area contributed by atoms with Gasteiger partial charge in [0.2, 0.25) is 0 Å². The van der Waals surface area contributed by atoms with Gasteiger partial charge in [-0.1, -0.05) is 0 Å². The van der Waals surface area contributed by atoms with Crippen LogP contribution in [0.15, 0.2) is 0 Å². The van der Waals surface area contributed by atoms with Gasteiger partial charge in [0.05, 0.1) is 0 Å². The van der Waals surface area contributed by atoms with Crippen LogP contribution in [0.4, 0.5) is 0 Å². The number of rotatable bonds is 0. The molecule has 0 radical (unpaired) electrons. The van der Waals surface area contributed by atoms with Crippen molar-refractivity contribution in [2.45, 2.75) is 0 Å². The fourth-order valence-corrected chi connectivity index (χ4v) is 0. The van der Waals surface area contributed by atoms with Crippen LogP contribution in [0, 0.1) is 0 Å². The van der Waals surface area contributed by atoms with E-state index < -0.39 is 14.7 Å². The molecule has 0 spiro atoms. The molecule has 0 heterocycles. The first kappa shape index (κ1) is 371. The van der Waals surface area contributed by atoms with E-state index in [4.69, 9.17) is 19.5 Å². The third-order valence-corrected chi connectivity index (χ3v) is 0. The quantitative estimate of drug-likeness (QED) is 0.386. The molecule has 16 nitrogen and oxygen atoms in total. The summed E-state index contributed by atoms with van der Waals surface area (Å²) in [6.45, 7) is 0. The summed E-state index contributed by atoms with van der Waals surface area (Å²) < 4.78 is 16.5. The van der Waals surface area contributed by atoms with E-state index in [0.717, 1.165) is 0 Å². The molecule has 0 amide bonds. The normalized spacial score (nSPS) is 0.842. The van der Waals surface area contributed by atoms with Crippen LogP contribution in [0.1, 0.15) is 0 Å². The van der Waals surface area contributed by atoms with Crippen LogP contribution in [0.5, 0.6) is 0 Å². The van der Waals surface area contributed by atoms with Crippen molar-refractivity contribution in [1.29, 1.82) is 0 Å². The molecule has 0 rings (SSSR count). The molecule has 0 unspecified atom stereocenters. The van der Waals surface area contributed by atoms with E-state index in [1.54, 1.807) is 0 Å². The van der Waals surface area contributed by atoms with Gasteiger partial charge in [-0.15, -0.1) is 0 Å². The standard InChI is InChI=1S/2BO2.Ca.12H2O/c2*2-1-3;;;;;;;;;;;;;/h;;;12*1H2/q2*-1;+2;;;;;;;;;;;;. The minimum absolute atomic E-state index is 0. The Morgan fingerprint density at radius 3 is 0.421 bits per heavy atom. The van der Waals surface area contributed by atoms with Gasteiger partial charge < -0.3 is 65.7 Å². The molecule has 0 bridgehead atoms. The van der Waals surface area contributed by atoms with Crippen LogP contribution < -0.4 is 10.0 Å². The average molecular weight is 342 g/mol. The van der Waals surface area contributed by atoms with Gasteiger partial charge in [-0.2, -0.15) is 0 Å². The van der Waals surface area contributed by atoms with Gasteiger partial charge in [-0.3, -0.25) is 0 Å². The van der Waals surface area contributed by atoms with E-state index in [1.165, 1.54) is 0 Å². The van der Waals surface area contributed by atoms with Gasteiger partial charge in [0.25, 0.3) is 0 Å². The number of hydrogen-bond acceptors (Lipinski definition) is 4. The van der Waals surface area contributed by atoms with Crippen molar-refractivity contribution in [1.82, 2.24) is 0 Å². The molecule has 0 aliphatic heterocycles. The summed E-state index contributed by atoms with van der Waals surface area (Å²) in [6, 6.07) is 0. The molecule has 24 N–H and O–H groups in total. The van der Waals surface area contributed by atoms with Crippen LogP contribution in [0.3, 0.4) is 0 Å². The third-order valence-electron chi connectivity index (χ3n) is 0. The Kier molecular flexibility index (Phi) is 23300. The molecule has 0 atom stereocenters. The summed E-state index contributed by atoms with van der Waals surface area (Å²) in [5.41, 5.74) is 0. The fraction of sp³-hybridized carbons (Fsp3) is 0. The maximum Gasteiger partial charge on any atom is 2.00 e.